The van der Waals surface area contributed by atoms with Gasteiger partial charge in [0.05, 0.1) is 6.54 Å². The Hall–Kier alpha value is -2.06. The Morgan fingerprint density at radius 3 is 3.00 bits per heavy atom. The van der Waals surface area contributed by atoms with E-state index in [-0.39, 0.29) is 11.8 Å². The van der Waals surface area contributed by atoms with Crippen LogP contribution in [0, 0.1) is 6.92 Å². The van der Waals surface area contributed by atoms with Crippen LogP contribution >= 0.6 is 11.3 Å². The summed E-state index contributed by atoms with van der Waals surface area (Å²) in [5, 5.41) is 5.97. The lowest BCUT2D eigenvalue weighted by Crippen LogP contribution is -2.43. The van der Waals surface area contributed by atoms with Crippen molar-refractivity contribution in [2.45, 2.75) is 25.7 Å². The molecular weight excluding hydrogens is 336 g/mol. The number of likely N-dealkylation sites (N-methyl/N-ethyl adjacent to an activating group) is 1. The molecule has 134 valence electrons. The maximum absolute atomic E-state index is 12.4. The third-order valence-electron chi connectivity index (χ3n) is 4.13. The number of aryl methyl sites for hydroxylation is 1. The van der Waals surface area contributed by atoms with Gasteiger partial charge in [0.25, 0.3) is 0 Å². The molecule has 1 saturated heterocycles. The van der Waals surface area contributed by atoms with Crippen molar-refractivity contribution in [3.63, 3.8) is 0 Å². The molecule has 3 rings (SSSR count). The van der Waals surface area contributed by atoms with Crippen LogP contribution in [-0.4, -0.2) is 64.4 Å². The summed E-state index contributed by atoms with van der Waals surface area (Å²) in [6, 6.07) is 1.92. The van der Waals surface area contributed by atoms with Gasteiger partial charge in [-0.1, -0.05) is 0 Å². The van der Waals surface area contributed by atoms with E-state index in [2.05, 4.69) is 20.3 Å². The molecule has 1 amide bonds. The first-order valence-corrected chi connectivity index (χ1v) is 9.34. The largest absolute Gasteiger partial charge is 0.341 e. The van der Waals surface area contributed by atoms with Crippen LogP contribution in [0.5, 0.6) is 0 Å². The standard InChI is InChI=1S/C17H24N6OS/c1-12-9-14(21-17-18-6-8-25-17)20-16(19-12)13-5-4-7-23(10-13)15(24)11-22(2)3/h6,8-9,13H,4-5,7,10-11H2,1-3H3,(H,18,19,20,21). The topological polar surface area (TPSA) is 74.2 Å². The number of hydrogen-bond donors (Lipinski definition) is 1. The zero-order chi connectivity index (χ0) is 17.8. The molecule has 1 fully saturated rings. The van der Waals surface area contributed by atoms with Crippen molar-refractivity contribution in [2.24, 2.45) is 0 Å². The summed E-state index contributed by atoms with van der Waals surface area (Å²) in [5.74, 6) is 1.91. The average Bonchev–Trinajstić information content (AvgIpc) is 3.07. The lowest BCUT2D eigenvalue weighted by Gasteiger charge is -2.33. The number of thiazole rings is 1. The number of nitrogens with one attached hydrogen (secondary N) is 1. The SMILES string of the molecule is Cc1cc(Nc2nccs2)nc(C2CCCN(C(=O)CN(C)C)C2)n1. The molecule has 8 heteroatoms. The van der Waals surface area contributed by atoms with E-state index >= 15 is 0 Å². The molecule has 25 heavy (non-hydrogen) atoms. The van der Waals surface area contributed by atoms with Crippen LogP contribution in [0.15, 0.2) is 17.6 Å². The zero-order valence-electron chi connectivity index (χ0n) is 14.9. The number of nitrogens with zero attached hydrogens (tertiary/aromatic N) is 5. The fourth-order valence-corrected chi connectivity index (χ4v) is 3.55. The van der Waals surface area contributed by atoms with Crippen molar-refractivity contribution >= 4 is 28.2 Å². The number of aromatic nitrogens is 3. The normalized spacial score (nSPS) is 17.8. The fourth-order valence-electron chi connectivity index (χ4n) is 3.02. The maximum atomic E-state index is 12.4. The molecule has 0 saturated carbocycles. The third-order valence-corrected chi connectivity index (χ3v) is 4.82. The lowest BCUT2D eigenvalue weighted by molar-refractivity contribution is -0.133. The predicted molar refractivity (Wildman–Crippen MR) is 99.3 cm³/mol. The summed E-state index contributed by atoms with van der Waals surface area (Å²) in [6.45, 7) is 3.92. The Bertz CT molecular complexity index is 718. The van der Waals surface area contributed by atoms with Gasteiger partial charge in [-0.15, -0.1) is 11.3 Å². The third kappa shape index (κ3) is 4.73. The molecule has 1 aliphatic rings. The smallest absolute Gasteiger partial charge is 0.236 e. The van der Waals surface area contributed by atoms with E-state index < -0.39 is 0 Å². The van der Waals surface area contributed by atoms with Gasteiger partial charge in [-0.3, -0.25) is 4.79 Å². The number of likely N-dealkylation sites (tertiary alicyclic amines) is 1. The van der Waals surface area contributed by atoms with Crippen LogP contribution in [0.2, 0.25) is 0 Å². The molecule has 0 bridgehead atoms. The van der Waals surface area contributed by atoms with E-state index in [1.54, 1.807) is 6.20 Å². The molecule has 7 nitrogen and oxygen atoms in total. The molecule has 1 N–H and O–H groups in total. The average molecular weight is 360 g/mol. The van der Waals surface area contributed by atoms with Crippen LogP contribution in [0.3, 0.4) is 0 Å². The second-order valence-electron chi connectivity index (χ2n) is 6.63. The van der Waals surface area contributed by atoms with Gasteiger partial charge < -0.3 is 15.1 Å². The second-order valence-corrected chi connectivity index (χ2v) is 7.53. The number of piperidine rings is 1. The molecule has 1 aliphatic heterocycles. The molecule has 0 aliphatic carbocycles. The van der Waals surface area contributed by atoms with Gasteiger partial charge in [0, 0.05) is 42.3 Å². The van der Waals surface area contributed by atoms with E-state index in [1.807, 2.05) is 42.3 Å². The van der Waals surface area contributed by atoms with Crippen molar-refractivity contribution in [1.29, 1.82) is 0 Å². The van der Waals surface area contributed by atoms with Crippen LogP contribution in [0.4, 0.5) is 10.9 Å². The summed E-state index contributed by atoms with van der Waals surface area (Å²) in [5.41, 5.74) is 0.917. The van der Waals surface area contributed by atoms with Gasteiger partial charge in [-0.2, -0.15) is 0 Å². The number of amides is 1. The molecule has 2 aromatic heterocycles. The van der Waals surface area contributed by atoms with Gasteiger partial charge in [0.2, 0.25) is 5.91 Å². The van der Waals surface area contributed by atoms with E-state index in [4.69, 9.17) is 0 Å². The Morgan fingerprint density at radius 1 is 1.44 bits per heavy atom. The van der Waals surface area contributed by atoms with Crippen molar-refractivity contribution in [2.75, 3.05) is 39.0 Å². The summed E-state index contributed by atoms with van der Waals surface area (Å²) < 4.78 is 0. The number of rotatable bonds is 5. The van der Waals surface area contributed by atoms with Gasteiger partial charge >= 0.3 is 0 Å². The minimum absolute atomic E-state index is 0.170. The quantitative estimate of drug-likeness (QED) is 0.882. The zero-order valence-corrected chi connectivity index (χ0v) is 15.7. The van der Waals surface area contributed by atoms with Crippen LogP contribution in [-0.2, 0) is 4.79 Å². The van der Waals surface area contributed by atoms with Crippen molar-refractivity contribution in [3.8, 4) is 0 Å². The number of carbonyl (C=O) groups is 1. The van der Waals surface area contributed by atoms with Gasteiger partial charge in [0.15, 0.2) is 5.13 Å². The summed E-state index contributed by atoms with van der Waals surface area (Å²) in [7, 11) is 3.83. The van der Waals surface area contributed by atoms with E-state index in [1.165, 1.54) is 11.3 Å². The Labute approximate surface area is 152 Å². The van der Waals surface area contributed by atoms with Crippen molar-refractivity contribution in [3.05, 3.63) is 29.2 Å². The van der Waals surface area contributed by atoms with E-state index in [0.29, 0.717) is 13.1 Å². The number of carbonyl (C=O) groups excluding carboxylic acids is 1. The minimum Gasteiger partial charge on any atom is -0.341 e. The van der Waals surface area contributed by atoms with E-state index in [9.17, 15) is 4.79 Å². The second kappa shape index (κ2) is 7.88. The molecular formula is C17H24N6OS. The molecule has 1 unspecified atom stereocenters. The molecule has 3 heterocycles. The molecule has 1 atom stereocenters. The highest BCUT2D eigenvalue weighted by Crippen LogP contribution is 2.26. The first-order chi connectivity index (χ1) is 12.0. The van der Waals surface area contributed by atoms with Crippen LogP contribution in [0.25, 0.3) is 0 Å². The van der Waals surface area contributed by atoms with Crippen molar-refractivity contribution < 1.29 is 4.79 Å². The lowest BCUT2D eigenvalue weighted by atomic mass is 9.97. The number of hydrogen-bond acceptors (Lipinski definition) is 7. The summed E-state index contributed by atoms with van der Waals surface area (Å²) >= 11 is 1.53. The van der Waals surface area contributed by atoms with Gasteiger partial charge in [0.1, 0.15) is 11.6 Å². The summed E-state index contributed by atoms with van der Waals surface area (Å²) in [6.07, 6.45) is 3.75. The molecule has 0 spiro atoms. The van der Waals surface area contributed by atoms with Crippen LogP contribution in [0.1, 0.15) is 30.3 Å². The van der Waals surface area contributed by atoms with Crippen LogP contribution < -0.4 is 5.32 Å². The monoisotopic (exact) mass is 360 g/mol. The number of anilines is 2. The van der Waals surface area contributed by atoms with E-state index in [0.717, 1.165) is 41.9 Å². The molecule has 0 aromatic carbocycles. The predicted octanol–water partition coefficient (Wildman–Crippen LogP) is 2.25. The van der Waals surface area contributed by atoms with Crippen molar-refractivity contribution in [1.82, 2.24) is 24.8 Å². The highest BCUT2D eigenvalue weighted by Gasteiger charge is 2.27. The first-order valence-electron chi connectivity index (χ1n) is 8.46. The minimum atomic E-state index is 0.170. The highest BCUT2D eigenvalue weighted by molar-refractivity contribution is 7.13. The Morgan fingerprint density at radius 2 is 2.28 bits per heavy atom. The molecule has 0 radical (unpaired) electrons. The molecule has 2 aromatic rings. The Kier molecular flexibility index (Phi) is 5.60. The highest BCUT2D eigenvalue weighted by atomic mass is 32.1. The Balaban J connectivity index is 1.74. The van der Waals surface area contributed by atoms with Gasteiger partial charge in [-0.25, -0.2) is 15.0 Å². The summed E-state index contributed by atoms with van der Waals surface area (Å²) in [4.78, 5) is 29.7. The first kappa shape index (κ1) is 17.8. The maximum Gasteiger partial charge on any atom is 0.236 e. The van der Waals surface area contributed by atoms with Gasteiger partial charge in [-0.05, 0) is 33.9 Å². The fraction of sp³-hybridized carbons (Fsp3) is 0.529.